The first-order valence-corrected chi connectivity index (χ1v) is 8.37. The van der Waals surface area contributed by atoms with Gasteiger partial charge in [-0.05, 0) is 30.3 Å². The number of para-hydroxylation sites is 1. The van der Waals surface area contributed by atoms with Crippen molar-refractivity contribution < 1.29 is 4.39 Å². The van der Waals surface area contributed by atoms with Crippen LogP contribution in [0.2, 0.25) is 5.02 Å². The highest BCUT2D eigenvalue weighted by Gasteiger charge is 2.13. The maximum Gasteiger partial charge on any atom is 0.208 e. The van der Waals surface area contributed by atoms with Crippen molar-refractivity contribution in [2.45, 2.75) is 0 Å². The Labute approximate surface area is 154 Å². The van der Waals surface area contributed by atoms with E-state index in [2.05, 4.69) is 20.6 Å². The van der Waals surface area contributed by atoms with Crippen LogP contribution < -0.4 is 10.6 Å². The van der Waals surface area contributed by atoms with Gasteiger partial charge in [0.25, 0.3) is 0 Å². The zero-order valence-corrected chi connectivity index (χ0v) is 14.6. The fourth-order valence-corrected chi connectivity index (χ4v) is 2.98. The van der Waals surface area contributed by atoms with E-state index in [0.29, 0.717) is 28.0 Å². The van der Waals surface area contributed by atoms with Crippen molar-refractivity contribution in [1.82, 2.24) is 14.5 Å². The molecular formula is C19H15ClFN5. The minimum atomic E-state index is -0.310. The number of halogens is 2. The standard InChI is InChI=1S/C19H15ClFN5/c1-22-19-25-16-11-23-18(24-15-8-3-2-7-14(15)20)10-17(16)26(19)13-6-4-5-12(21)9-13/h2-11H,1H3,(H,22,25)(H,23,24). The number of rotatable bonds is 4. The summed E-state index contributed by atoms with van der Waals surface area (Å²) in [7, 11) is 1.77. The summed E-state index contributed by atoms with van der Waals surface area (Å²) in [4.78, 5) is 8.91. The molecule has 2 N–H and O–H groups in total. The van der Waals surface area contributed by atoms with E-state index in [4.69, 9.17) is 11.6 Å². The molecule has 2 heterocycles. The van der Waals surface area contributed by atoms with E-state index in [1.165, 1.54) is 12.1 Å². The Balaban J connectivity index is 1.84. The molecule has 0 aliphatic heterocycles. The number of aromatic nitrogens is 3. The van der Waals surface area contributed by atoms with Gasteiger partial charge in [-0.25, -0.2) is 14.4 Å². The number of hydrogen-bond acceptors (Lipinski definition) is 4. The highest BCUT2D eigenvalue weighted by atomic mass is 35.5. The molecule has 26 heavy (non-hydrogen) atoms. The summed E-state index contributed by atoms with van der Waals surface area (Å²) in [6, 6.07) is 15.7. The van der Waals surface area contributed by atoms with Crippen molar-refractivity contribution in [1.29, 1.82) is 0 Å². The van der Waals surface area contributed by atoms with Gasteiger partial charge < -0.3 is 10.6 Å². The summed E-state index contributed by atoms with van der Waals surface area (Å²) in [6.45, 7) is 0. The van der Waals surface area contributed by atoms with Gasteiger partial charge in [0.15, 0.2) is 0 Å². The van der Waals surface area contributed by atoms with Crippen LogP contribution in [0.1, 0.15) is 0 Å². The Hall–Kier alpha value is -3.12. The lowest BCUT2D eigenvalue weighted by Gasteiger charge is -2.10. The number of fused-ring (bicyclic) bond motifs is 1. The number of pyridine rings is 1. The van der Waals surface area contributed by atoms with Crippen molar-refractivity contribution >= 4 is 40.1 Å². The number of nitrogens with one attached hydrogen (secondary N) is 2. The number of anilines is 3. The van der Waals surface area contributed by atoms with E-state index in [9.17, 15) is 4.39 Å². The SMILES string of the molecule is CNc1nc2cnc(Nc3ccccc3Cl)cc2n1-c1cccc(F)c1. The second kappa shape index (κ2) is 6.65. The first kappa shape index (κ1) is 16.4. The first-order chi connectivity index (χ1) is 12.7. The van der Waals surface area contributed by atoms with Gasteiger partial charge in [-0.1, -0.05) is 29.8 Å². The van der Waals surface area contributed by atoms with Crippen LogP contribution in [-0.2, 0) is 0 Å². The maximum absolute atomic E-state index is 13.7. The number of benzene rings is 2. The average Bonchev–Trinajstić information content (AvgIpc) is 3.01. The van der Waals surface area contributed by atoms with E-state index < -0.39 is 0 Å². The third-order valence-corrected chi connectivity index (χ3v) is 4.30. The van der Waals surface area contributed by atoms with E-state index in [-0.39, 0.29) is 5.82 Å². The first-order valence-electron chi connectivity index (χ1n) is 7.99. The van der Waals surface area contributed by atoms with E-state index in [0.717, 1.165) is 11.2 Å². The average molecular weight is 368 g/mol. The van der Waals surface area contributed by atoms with Crippen molar-refractivity contribution in [2.75, 3.05) is 17.7 Å². The number of imidazole rings is 1. The Bertz CT molecular complexity index is 1090. The molecule has 0 bridgehead atoms. The molecule has 0 saturated carbocycles. The van der Waals surface area contributed by atoms with Crippen molar-refractivity contribution in [3.63, 3.8) is 0 Å². The molecule has 4 aromatic rings. The maximum atomic E-state index is 13.7. The van der Waals surface area contributed by atoms with E-state index in [1.54, 1.807) is 25.4 Å². The normalized spacial score (nSPS) is 10.9. The zero-order chi connectivity index (χ0) is 18.1. The largest absolute Gasteiger partial charge is 0.358 e. The molecule has 5 nitrogen and oxygen atoms in total. The van der Waals surface area contributed by atoms with Gasteiger partial charge in [0.1, 0.15) is 17.2 Å². The van der Waals surface area contributed by atoms with Gasteiger partial charge in [0, 0.05) is 13.1 Å². The molecule has 0 saturated heterocycles. The quantitative estimate of drug-likeness (QED) is 0.533. The van der Waals surface area contributed by atoms with E-state index >= 15 is 0 Å². The monoisotopic (exact) mass is 367 g/mol. The lowest BCUT2D eigenvalue weighted by molar-refractivity contribution is 0.627. The van der Waals surface area contributed by atoms with Crippen LogP contribution in [0, 0.1) is 5.82 Å². The molecule has 0 atom stereocenters. The van der Waals surface area contributed by atoms with Crippen LogP contribution in [-0.4, -0.2) is 21.6 Å². The predicted molar refractivity (Wildman–Crippen MR) is 103 cm³/mol. The summed E-state index contributed by atoms with van der Waals surface area (Å²) in [5.74, 6) is 0.906. The summed E-state index contributed by atoms with van der Waals surface area (Å²) in [6.07, 6.45) is 1.67. The lowest BCUT2D eigenvalue weighted by Crippen LogP contribution is -2.02. The Morgan fingerprint density at radius 1 is 1.08 bits per heavy atom. The molecule has 0 spiro atoms. The molecule has 7 heteroatoms. The van der Waals surface area contributed by atoms with Gasteiger partial charge in [0.05, 0.1) is 28.1 Å². The minimum Gasteiger partial charge on any atom is -0.358 e. The van der Waals surface area contributed by atoms with Crippen LogP contribution >= 0.6 is 11.6 Å². The van der Waals surface area contributed by atoms with Crippen LogP contribution in [0.15, 0.2) is 60.8 Å². The lowest BCUT2D eigenvalue weighted by atomic mass is 10.3. The molecule has 0 unspecified atom stereocenters. The molecule has 0 amide bonds. The zero-order valence-electron chi connectivity index (χ0n) is 13.9. The van der Waals surface area contributed by atoms with Crippen molar-refractivity contribution in [3.8, 4) is 5.69 Å². The topological polar surface area (TPSA) is 54.8 Å². The fourth-order valence-electron chi connectivity index (χ4n) is 2.79. The molecule has 0 fully saturated rings. The van der Waals surface area contributed by atoms with E-state index in [1.807, 2.05) is 34.9 Å². The third kappa shape index (κ3) is 2.95. The van der Waals surface area contributed by atoms with Gasteiger partial charge in [-0.3, -0.25) is 4.57 Å². The highest BCUT2D eigenvalue weighted by Crippen LogP contribution is 2.29. The summed E-state index contributed by atoms with van der Waals surface area (Å²) >= 11 is 6.20. The van der Waals surface area contributed by atoms with Crippen LogP contribution in [0.4, 0.5) is 21.8 Å². The summed E-state index contributed by atoms with van der Waals surface area (Å²) in [5.41, 5.74) is 2.92. The molecule has 0 aliphatic carbocycles. The second-order valence-electron chi connectivity index (χ2n) is 5.66. The van der Waals surface area contributed by atoms with Crippen LogP contribution in [0.25, 0.3) is 16.7 Å². The minimum absolute atomic E-state index is 0.310. The van der Waals surface area contributed by atoms with Gasteiger partial charge in [-0.2, -0.15) is 0 Å². The van der Waals surface area contributed by atoms with Gasteiger partial charge >= 0.3 is 0 Å². The van der Waals surface area contributed by atoms with Crippen LogP contribution in [0.3, 0.4) is 0 Å². The highest BCUT2D eigenvalue weighted by molar-refractivity contribution is 6.33. The molecule has 130 valence electrons. The molecule has 0 aliphatic rings. The summed E-state index contributed by atoms with van der Waals surface area (Å²) in [5, 5.41) is 6.85. The fraction of sp³-hybridized carbons (Fsp3) is 0.0526. The van der Waals surface area contributed by atoms with Crippen molar-refractivity contribution in [2.24, 2.45) is 0 Å². The molecule has 4 rings (SSSR count). The number of nitrogens with zero attached hydrogens (tertiary/aromatic N) is 3. The Kier molecular flexibility index (Phi) is 4.18. The third-order valence-electron chi connectivity index (χ3n) is 3.97. The van der Waals surface area contributed by atoms with Gasteiger partial charge in [-0.15, -0.1) is 0 Å². The molecule has 2 aromatic carbocycles. The molecular weight excluding hydrogens is 353 g/mol. The molecule has 0 radical (unpaired) electrons. The Morgan fingerprint density at radius 2 is 1.92 bits per heavy atom. The summed E-state index contributed by atoms with van der Waals surface area (Å²) < 4.78 is 15.6. The molecule has 2 aromatic heterocycles. The second-order valence-corrected chi connectivity index (χ2v) is 6.07. The number of hydrogen-bond donors (Lipinski definition) is 2. The Morgan fingerprint density at radius 3 is 2.69 bits per heavy atom. The predicted octanol–water partition coefficient (Wildman–Crippen LogP) is 5.00. The smallest absolute Gasteiger partial charge is 0.208 e. The van der Waals surface area contributed by atoms with Crippen LogP contribution in [0.5, 0.6) is 0 Å². The van der Waals surface area contributed by atoms with Gasteiger partial charge in [0.2, 0.25) is 5.95 Å². The van der Waals surface area contributed by atoms with Crippen molar-refractivity contribution in [3.05, 3.63) is 71.6 Å².